The highest BCUT2D eigenvalue weighted by molar-refractivity contribution is 6.35. The molecular formula is C19H22Cl2N2O5. The Kier molecular flexibility index (Phi) is 8.60. The molecule has 0 spiro atoms. The number of esters is 1. The van der Waals surface area contributed by atoms with Gasteiger partial charge in [0, 0.05) is 35.3 Å². The van der Waals surface area contributed by atoms with Gasteiger partial charge in [-0.3, -0.25) is 4.79 Å². The van der Waals surface area contributed by atoms with Crippen molar-refractivity contribution in [2.45, 2.75) is 25.8 Å². The van der Waals surface area contributed by atoms with Crippen molar-refractivity contribution in [2.24, 2.45) is 0 Å². The fourth-order valence-corrected chi connectivity index (χ4v) is 3.14. The summed E-state index contributed by atoms with van der Waals surface area (Å²) in [6, 6.07) is 4.82. The molecule has 0 radical (unpaired) electrons. The van der Waals surface area contributed by atoms with Gasteiger partial charge in [-0.1, -0.05) is 29.3 Å². The van der Waals surface area contributed by atoms with Crippen molar-refractivity contribution < 1.29 is 23.9 Å². The minimum Gasteiger partial charge on any atom is -0.452 e. The molecule has 1 aliphatic rings. The monoisotopic (exact) mass is 428 g/mol. The highest BCUT2D eigenvalue weighted by Crippen LogP contribution is 2.22. The number of benzene rings is 1. The van der Waals surface area contributed by atoms with Gasteiger partial charge in [-0.2, -0.15) is 0 Å². The van der Waals surface area contributed by atoms with E-state index in [2.05, 4.69) is 5.32 Å². The molecule has 1 fully saturated rings. The first-order valence-electron chi connectivity index (χ1n) is 8.90. The summed E-state index contributed by atoms with van der Waals surface area (Å²) in [7, 11) is 0. The van der Waals surface area contributed by atoms with Crippen LogP contribution in [-0.4, -0.2) is 55.2 Å². The normalized spacial score (nSPS) is 14.8. The van der Waals surface area contributed by atoms with Crippen LogP contribution in [0.3, 0.4) is 0 Å². The molecule has 0 unspecified atom stereocenters. The molecule has 7 nitrogen and oxygen atoms in total. The molecule has 1 aliphatic heterocycles. The van der Waals surface area contributed by atoms with E-state index >= 15 is 0 Å². The van der Waals surface area contributed by atoms with Gasteiger partial charge in [-0.25, -0.2) is 9.59 Å². The Morgan fingerprint density at radius 2 is 1.93 bits per heavy atom. The van der Waals surface area contributed by atoms with Gasteiger partial charge in [-0.05, 0) is 43.5 Å². The molecule has 1 N–H and O–H groups in total. The van der Waals surface area contributed by atoms with Gasteiger partial charge in [0.25, 0.3) is 5.91 Å². The Morgan fingerprint density at radius 3 is 2.57 bits per heavy atom. The van der Waals surface area contributed by atoms with Crippen LogP contribution in [0.4, 0.5) is 4.79 Å². The summed E-state index contributed by atoms with van der Waals surface area (Å²) >= 11 is 11.8. The lowest BCUT2D eigenvalue weighted by Gasteiger charge is -2.31. The van der Waals surface area contributed by atoms with Gasteiger partial charge >= 0.3 is 12.1 Å². The number of ether oxygens (including phenoxy) is 2. The Balaban J connectivity index is 1.70. The first kappa shape index (κ1) is 22.0. The molecule has 0 aromatic heterocycles. The van der Waals surface area contributed by atoms with Crippen LogP contribution in [0.15, 0.2) is 24.3 Å². The van der Waals surface area contributed by atoms with Gasteiger partial charge in [0.05, 0.1) is 6.61 Å². The number of nitrogens with zero attached hydrogens (tertiary/aromatic N) is 1. The number of piperidine rings is 1. The Bertz CT molecular complexity index is 746. The second kappa shape index (κ2) is 10.9. The first-order chi connectivity index (χ1) is 13.4. The molecule has 2 amide bonds. The Morgan fingerprint density at radius 1 is 1.21 bits per heavy atom. The molecule has 0 atom stereocenters. The van der Waals surface area contributed by atoms with E-state index in [-0.39, 0.29) is 24.6 Å². The predicted molar refractivity (Wildman–Crippen MR) is 106 cm³/mol. The number of rotatable bonds is 6. The number of amides is 2. The zero-order valence-electron chi connectivity index (χ0n) is 15.5. The van der Waals surface area contributed by atoms with E-state index in [4.69, 9.17) is 32.7 Å². The second-order valence-electron chi connectivity index (χ2n) is 6.13. The number of hydrogen-bond donors (Lipinski definition) is 1. The van der Waals surface area contributed by atoms with Crippen LogP contribution in [-0.2, 0) is 19.1 Å². The molecule has 28 heavy (non-hydrogen) atoms. The van der Waals surface area contributed by atoms with Crippen LogP contribution in [0.25, 0.3) is 6.08 Å². The topological polar surface area (TPSA) is 84.9 Å². The van der Waals surface area contributed by atoms with Crippen molar-refractivity contribution in [3.05, 3.63) is 39.9 Å². The van der Waals surface area contributed by atoms with Crippen LogP contribution < -0.4 is 5.32 Å². The summed E-state index contributed by atoms with van der Waals surface area (Å²) in [4.78, 5) is 37.0. The van der Waals surface area contributed by atoms with Gasteiger partial charge < -0.3 is 19.7 Å². The van der Waals surface area contributed by atoms with E-state index in [0.29, 0.717) is 48.1 Å². The molecule has 1 heterocycles. The fourth-order valence-electron chi connectivity index (χ4n) is 2.67. The lowest BCUT2D eigenvalue weighted by atomic mass is 10.1. The molecule has 1 aromatic carbocycles. The van der Waals surface area contributed by atoms with Crippen LogP contribution in [0.5, 0.6) is 0 Å². The molecule has 0 bridgehead atoms. The molecule has 9 heteroatoms. The quantitative estimate of drug-likeness (QED) is 0.554. The zero-order valence-corrected chi connectivity index (χ0v) is 17.0. The third kappa shape index (κ3) is 7.05. The van der Waals surface area contributed by atoms with Gasteiger partial charge in [0.15, 0.2) is 6.61 Å². The molecule has 152 valence electrons. The molecule has 0 aliphatic carbocycles. The number of halogens is 2. The van der Waals surface area contributed by atoms with Crippen LogP contribution in [0, 0.1) is 0 Å². The lowest BCUT2D eigenvalue weighted by Crippen LogP contribution is -2.47. The maximum Gasteiger partial charge on any atom is 0.409 e. The van der Waals surface area contributed by atoms with Crippen molar-refractivity contribution in [3.63, 3.8) is 0 Å². The number of likely N-dealkylation sites (tertiary alicyclic amines) is 1. The highest BCUT2D eigenvalue weighted by atomic mass is 35.5. The van der Waals surface area contributed by atoms with Gasteiger partial charge in [-0.15, -0.1) is 0 Å². The highest BCUT2D eigenvalue weighted by Gasteiger charge is 2.24. The summed E-state index contributed by atoms with van der Waals surface area (Å²) in [5, 5.41) is 3.70. The van der Waals surface area contributed by atoms with Crippen molar-refractivity contribution in [1.82, 2.24) is 10.2 Å². The second-order valence-corrected chi connectivity index (χ2v) is 6.98. The van der Waals surface area contributed by atoms with E-state index in [1.165, 1.54) is 12.2 Å². The Hall–Kier alpha value is -2.25. The third-order valence-electron chi connectivity index (χ3n) is 4.09. The van der Waals surface area contributed by atoms with Crippen molar-refractivity contribution >= 4 is 47.2 Å². The summed E-state index contributed by atoms with van der Waals surface area (Å²) in [6.45, 7) is 2.73. The average Bonchev–Trinajstić information content (AvgIpc) is 2.66. The fraction of sp³-hybridized carbons (Fsp3) is 0.421. The van der Waals surface area contributed by atoms with E-state index in [0.717, 1.165) is 0 Å². The SMILES string of the molecule is CCOC(=O)N1CCC(NC(=O)COC(=O)/C=C/c2ccc(Cl)cc2Cl)CC1. The van der Waals surface area contributed by atoms with Crippen molar-refractivity contribution in [3.8, 4) is 0 Å². The van der Waals surface area contributed by atoms with Crippen molar-refractivity contribution in [1.29, 1.82) is 0 Å². The van der Waals surface area contributed by atoms with E-state index in [1.807, 2.05) is 0 Å². The smallest absolute Gasteiger partial charge is 0.409 e. The van der Waals surface area contributed by atoms with Gasteiger partial charge in [0.1, 0.15) is 0 Å². The summed E-state index contributed by atoms with van der Waals surface area (Å²) in [6.07, 6.45) is 3.58. The third-order valence-corrected chi connectivity index (χ3v) is 4.66. The van der Waals surface area contributed by atoms with Crippen LogP contribution in [0.1, 0.15) is 25.3 Å². The predicted octanol–water partition coefficient (Wildman–Crippen LogP) is 3.29. The maximum atomic E-state index is 11.9. The largest absolute Gasteiger partial charge is 0.452 e. The Labute approximate surface area is 173 Å². The number of carbonyl (C=O) groups excluding carboxylic acids is 3. The molecule has 1 aromatic rings. The number of carbonyl (C=O) groups is 3. The summed E-state index contributed by atoms with van der Waals surface area (Å²) < 4.78 is 9.88. The lowest BCUT2D eigenvalue weighted by molar-refractivity contribution is -0.144. The maximum absolute atomic E-state index is 11.9. The van der Waals surface area contributed by atoms with Gasteiger partial charge in [0.2, 0.25) is 0 Å². The molecule has 0 saturated carbocycles. The molecular weight excluding hydrogens is 407 g/mol. The van der Waals surface area contributed by atoms with E-state index < -0.39 is 5.97 Å². The standard InChI is InChI=1S/C19H22Cl2N2O5/c1-2-27-19(26)23-9-7-15(8-10-23)22-17(24)12-28-18(25)6-4-13-3-5-14(20)11-16(13)21/h3-6,11,15H,2,7-10,12H2,1H3,(H,22,24)/b6-4+. The zero-order chi connectivity index (χ0) is 20.5. The van der Waals surface area contributed by atoms with Crippen LogP contribution in [0.2, 0.25) is 10.0 Å². The number of nitrogens with one attached hydrogen (secondary N) is 1. The average molecular weight is 429 g/mol. The summed E-state index contributed by atoms with van der Waals surface area (Å²) in [5.74, 6) is -1.04. The summed E-state index contributed by atoms with van der Waals surface area (Å²) in [5.41, 5.74) is 0.612. The minimum atomic E-state index is -0.654. The molecule has 2 rings (SSSR count). The van der Waals surface area contributed by atoms with Crippen molar-refractivity contribution in [2.75, 3.05) is 26.3 Å². The minimum absolute atomic E-state index is 0.0692. The molecule has 1 saturated heterocycles. The van der Waals surface area contributed by atoms with E-state index in [9.17, 15) is 14.4 Å². The number of hydrogen-bond acceptors (Lipinski definition) is 5. The van der Waals surface area contributed by atoms with E-state index in [1.54, 1.807) is 30.0 Å². The van der Waals surface area contributed by atoms with Crippen LogP contribution >= 0.6 is 23.2 Å². The first-order valence-corrected chi connectivity index (χ1v) is 9.65.